The Balaban J connectivity index is 2.15. The van der Waals surface area contributed by atoms with Crippen LogP contribution >= 0.6 is 0 Å². The second-order valence-electron chi connectivity index (χ2n) is 5.23. The number of aliphatic hydroxyl groups excluding tert-OH is 1. The fourth-order valence-corrected chi connectivity index (χ4v) is 2.17. The molecule has 0 spiro atoms. The van der Waals surface area contributed by atoms with E-state index in [1.165, 1.54) is 5.56 Å². The fourth-order valence-electron chi connectivity index (χ4n) is 2.17. The van der Waals surface area contributed by atoms with Crippen molar-refractivity contribution in [3.63, 3.8) is 0 Å². The minimum Gasteiger partial charge on any atom is -0.494 e. The number of hydrogen-bond acceptors (Lipinski definition) is 2. The highest BCUT2D eigenvalue weighted by Crippen LogP contribution is 2.25. The summed E-state index contributed by atoms with van der Waals surface area (Å²) < 4.78 is 5.41. The Morgan fingerprint density at radius 2 is 1.30 bits per heavy atom. The molecule has 0 aliphatic carbocycles. The van der Waals surface area contributed by atoms with Crippen molar-refractivity contribution in [1.82, 2.24) is 0 Å². The smallest absolute Gasteiger partial charge is 0.119 e. The molecule has 0 amide bonds. The van der Waals surface area contributed by atoms with Crippen LogP contribution in [0.15, 0.2) is 48.5 Å². The highest BCUT2D eigenvalue weighted by atomic mass is 16.5. The average molecular weight is 270 g/mol. The first-order chi connectivity index (χ1) is 9.61. The standard InChI is InChI=1S/C18H22O2/c1-4-20-17-11-9-16(10-12-17)18(19)15-7-5-14(6-8-15)13(2)3/h5-13,18-19H,4H2,1-3H3. The fraction of sp³-hybridized carbons (Fsp3) is 0.333. The van der Waals surface area contributed by atoms with E-state index in [9.17, 15) is 5.11 Å². The van der Waals surface area contributed by atoms with Crippen LogP contribution in [-0.2, 0) is 0 Å². The number of rotatable bonds is 5. The molecule has 20 heavy (non-hydrogen) atoms. The molecule has 2 aromatic rings. The normalized spacial score (nSPS) is 12.4. The summed E-state index contributed by atoms with van der Waals surface area (Å²) in [5.74, 6) is 1.34. The van der Waals surface area contributed by atoms with E-state index in [2.05, 4.69) is 26.0 Å². The van der Waals surface area contributed by atoms with E-state index in [0.717, 1.165) is 16.9 Å². The van der Waals surface area contributed by atoms with Gasteiger partial charge in [-0.3, -0.25) is 0 Å². The van der Waals surface area contributed by atoms with E-state index < -0.39 is 6.10 Å². The molecule has 0 aliphatic heterocycles. The molecular weight excluding hydrogens is 248 g/mol. The summed E-state index contributed by atoms with van der Waals surface area (Å²) in [6.07, 6.45) is -0.591. The second-order valence-corrected chi connectivity index (χ2v) is 5.23. The van der Waals surface area contributed by atoms with E-state index in [-0.39, 0.29) is 0 Å². The maximum absolute atomic E-state index is 10.4. The third-order valence-corrected chi connectivity index (χ3v) is 3.43. The van der Waals surface area contributed by atoms with Crippen LogP contribution in [0.2, 0.25) is 0 Å². The van der Waals surface area contributed by atoms with Gasteiger partial charge in [-0.25, -0.2) is 0 Å². The summed E-state index contributed by atoms with van der Waals surface area (Å²) in [6, 6.07) is 15.8. The average Bonchev–Trinajstić information content (AvgIpc) is 2.48. The molecule has 0 heterocycles. The topological polar surface area (TPSA) is 29.5 Å². The minimum absolute atomic E-state index is 0.506. The van der Waals surface area contributed by atoms with Gasteiger partial charge in [-0.05, 0) is 41.7 Å². The first-order valence-electron chi connectivity index (χ1n) is 7.12. The molecule has 2 heteroatoms. The third-order valence-electron chi connectivity index (χ3n) is 3.43. The van der Waals surface area contributed by atoms with E-state index in [4.69, 9.17) is 4.74 Å². The lowest BCUT2D eigenvalue weighted by Gasteiger charge is -2.14. The quantitative estimate of drug-likeness (QED) is 0.878. The Bertz CT molecular complexity index is 526. The van der Waals surface area contributed by atoms with Crippen molar-refractivity contribution < 1.29 is 9.84 Å². The maximum Gasteiger partial charge on any atom is 0.119 e. The number of ether oxygens (including phenoxy) is 1. The van der Waals surface area contributed by atoms with Gasteiger partial charge in [0.2, 0.25) is 0 Å². The van der Waals surface area contributed by atoms with Gasteiger partial charge in [-0.15, -0.1) is 0 Å². The molecule has 2 aromatic carbocycles. The molecule has 0 saturated heterocycles. The van der Waals surface area contributed by atoms with Gasteiger partial charge < -0.3 is 9.84 Å². The first kappa shape index (κ1) is 14.6. The van der Waals surface area contributed by atoms with Gasteiger partial charge in [0, 0.05) is 0 Å². The molecular formula is C18H22O2. The van der Waals surface area contributed by atoms with Crippen molar-refractivity contribution in [3.05, 3.63) is 65.2 Å². The highest BCUT2D eigenvalue weighted by molar-refractivity contribution is 5.35. The van der Waals surface area contributed by atoms with Crippen LogP contribution in [0.5, 0.6) is 5.75 Å². The van der Waals surface area contributed by atoms with E-state index in [1.54, 1.807) is 0 Å². The van der Waals surface area contributed by atoms with E-state index in [1.807, 2.05) is 43.3 Å². The SMILES string of the molecule is CCOc1ccc(C(O)c2ccc(C(C)C)cc2)cc1. The molecule has 0 fully saturated rings. The molecule has 0 aromatic heterocycles. The molecule has 0 aliphatic rings. The summed E-state index contributed by atoms with van der Waals surface area (Å²) in [5, 5.41) is 10.4. The van der Waals surface area contributed by atoms with Gasteiger partial charge >= 0.3 is 0 Å². The monoisotopic (exact) mass is 270 g/mol. The van der Waals surface area contributed by atoms with Gasteiger partial charge in [0.1, 0.15) is 11.9 Å². The summed E-state index contributed by atoms with van der Waals surface area (Å²) in [4.78, 5) is 0. The molecule has 106 valence electrons. The van der Waals surface area contributed by atoms with Crippen molar-refractivity contribution in [1.29, 1.82) is 0 Å². The second kappa shape index (κ2) is 6.58. The van der Waals surface area contributed by atoms with Crippen molar-refractivity contribution in [2.75, 3.05) is 6.61 Å². The van der Waals surface area contributed by atoms with Crippen LogP contribution in [0.25, 0.3) is 0 Å². The Labute approximate surface area is 121 Å². The van der Waals surface area contributed by atoms with Gasteiger partial charge in [-0.2, -0.15) is 0 Å². The molecule has 1 unspecified atom stereocenters. The van der Waals surface area contributed by atoms with Crippen LogP contribution in [0, 0.1) is 0 Å². The number of hydrogen-bond donors (Lipinski definition) is 1. The molecule has 2 nitrogen and oxygen atoms in total. The van der Waals surface area contributed by atoms with E-state index >= 15 is 0 Å². The summed E-state index contributed by atoms with van der Waals surface area (Å²) in [5.41, 5.74) is 3.08. The number of aliphatic hydroxyl groups is 1. The Morgan fingerprint density at radius 3 is 1.75 bits per heavy atom. The lowest BCUT2D eigenvalue weighted by molar-refractivity contribution is 0.220. The molecule has 1 atom stereocenters. The molecule has 0 bridgehead atoms. The summed E-state index contributed by atoms with van der Waals surface area (Å²) in [6.45, 7) is 6.94. The molecule has 1 N–H and O–H groups in total. The van der Waals surface area contributed by atoms with Crippen LogP contribution in [-0.4, -0.2) is 11.7 Å². The van der Waals surface area contributed by atoms with Gasteiger partial charge in [0.05, 0.1) is 6.61 Å². The molecule has 0 saturated carbocycles. The summed E-state index contributed by atoms with van der Waals surface area (Å²) in [7, 11) is 0. The van der Waals surface area contributed by atoms with Crippen LogP contribution in [0.3, 0.4) is 0 Å². The largest absolute Gasteiger partial charge is 0.494 e. The van der Waals surface area contributed by atoms with Gasteiger partial charge in [0.15, 0.2) is 0 Å². The first-order valence-corrected chi connectivity index (χ1v) is 7.12. The van der Waals surface area contributed by atoms with Crippen LogP contribution < -0.4 is 4.74 Å². The van der Waals surface area contributed by atoms with Gasteiger partial charge in [-0.1, -0.05) is 50.2 Å². The van der Waals surface area contributed by atoms with Crippen LogP contribution in [0.1, 0.15) is 49.5 Å². The van der Waals surface area contributed by atoms with Crippen molar-refractivity contribution in [2.24, 2.45) is 0 Å². The zero-order valence-corrected chi connectivity index (χ0v) is 12.3. The van der Waals surface area contributed by atoms with Crippen molar-refractivity contribution in [3.8, 4) is 5.75 Å². The lowest BCUT2D eigenvalue weighted by Crippen LogP contribution is -2.00. The predicted molar refractivity (Wildman–Crippen MR) is 82.2 cm³/mol. The molecule has 2 rings (SSSR count). The number of benzene rings is 2. The van der Waals surface area contributed by atoms with Crippen LogP contribution in [0.4, 0.5) is 0 Å². The van der Waals surface area contributed by atoms with Gasteiger partial charge in [0.25, 0.3) is 0 Å². The zero-order chi connectivity index (χ0) is 14.5. The zero-order valence-electron chi connectivity index (χ0n) is 12.3. The summed E-state index contributed by atoms with van der Waals surface area (Å²) >= 11 is 0. The Kier molecular flexibility index (Phi) is 4.80. The third kappa shape index (κ3) is 3.40. The van der Waals surface area contributed by atoms with Crippen molar-refractivity contribution >= 4 is 0 Å². The molecule has 0 radical (unpaired) electrons. The minimum atomic E-state index is -0.591. The van der Waals surface area contributed by atoms with E-state index in [0.29, 0.717) is 12.5 Å². The lowest BCUT2D eigenvalue weighted by atomic mass is 9.97. The Morgan fingerprint density at radius 1 is 0.850 bits per heavy atom. The van der Waals surface area contributed by atoms with Crippen molar-refractivity contribution in [2.45, 2.75) is 32.8 Å². The Hall–Kier alpha value is -1.80. The highest BCUT2D eigenvalue weighted by Gasteiger charge is 2.10. The maximum atomic E-state index is 10.4. The predicted octanol–water partition coefficient (Wildman–Crippen LogP) is 4.29.